The van der Waals surface area contributed by atoms with Crippen molar-refractivity contribution in [3.05, 3.63) is 36.0 Å². The van der Waals surface area contributed by atoms with Gasteiger partial charge in [-0.15, -0.1) is 5.10 Å². The number of fused-ring (bicyclic) bond motifs is 1. The molecule has 1 fully saturated rings. The molecule has 116 valence electrons. The highest BCUT2D eigenvalue weighted by molar-refractivity contribution is 7.20. The summed E-state index contributed by atoms with van der Waals surface area (Å²) >= 11 is 1.58. The first kappa shape index (κ1) is 13.8. The molecule has 6 nitrogen and oxygen atoms in total. The van der Waals surface area contributed by atoms with E-state index in [0.717, 1.165) is 41.2 Å². The van der Waals surface area contributed by atoms with Gasteiger partial charge in [-0.25, -0.2) is 9.50 Å². The standard InChI is InChI=1S/C15H19N5OS/c1-11-10-20-15(17-11)22-14(18-20)16-9-12(13-5-4-8-21-13)19-6-2-3-7-19/h4-5,8,10,12H,2-3,6-7,9H2,1H3,(H,16,18)/t12-/m1/s1. The fourth-order valence-corrected chi connectivity index (χ4v) is 3.84. The van der Waals surface area contributed by atoms with Gasteiger partial charge in [-0.05, 0) is 45.0 Å². The molecule has 3 aromatic heterocycles. The maximum atomic E-state index is 5.64. The Balaban J connectivity index is 1.49. The molecular formula is C15H19N5OS. The van der Waals surface area contributed by atoms with E-state index in [4.69, 9.17) is 4.42 Å². The van der Waals surface area contributed by atoms with Crippen molar-refractivity contribution >= 4 is 21.4 Å². The van der Waals surface area contributed by atoms with Crippen LogP contribution in [0.2, 0.25) is 0 Å². The number of anilines is 1. The smallest absolute Gasteiger partial charge is 0.214 e. The molecular weight excluding hydrogens is 298 g/mol. The first-order valence-corrected chi connectivity index (χ1v) is 8.45. The average Bonchev–Trinajstić information content (AvgIpc) is 3.21. The molecule has 0 amide bonds. The summed E-state index contributed by atoms with van der Waals surface area (Å²) in [6, 6.07) is 4.27. The number of rotatable bonds is 5. The zero-order valence-corrected chi connectivity index (χ0v) is 13.3. The lowest BCUT2D eigenvalue weighted by molar-refractivity contribution is 0.225. The minimum Gasteiger partial charge on any atom is -0.468 e. The SMILES string of the molecule is Cc1cn2nc(NC[C@H](c3ccco3)N3CCCC3)sc2n1. The van der Waals surface area contributed by atoms with Gasteiger partial charge in [0.05, 0.1) is 24.2 Å². The van der Waals surface area contributed by atoms with Gasteiger partial charge in [0.2, 0.25) is 10.1 Å². The fourth-order valence-electron chi connectivity index (χ4n) is 3.01. The highest BCUT2D eigenvalue weighted by Crippen LogP contribution is 2.27. The molecule has 22 heavy (non-hydrogen) atoms. The minimum atomic E-state index is 0.260. The van der Waals surface area contributed by atoms with Gasteiger partial charge in [-0.1, -0.05) is 11.3 Å². The predicted molar refractivity (Wildman–Crippen MR) is 86.3 cm³/mol. The lowest BCUT2D eigenvalue weighted by atomic mass is 10.2. The summed E-state index contributed by atoms with van der Waals surface area (Å²) < 4.78 is 7.47. The van der Waals surface area contributed by atoms with Crippen LogP contribution in [0.3, 0.4) is 0 Å². The van der Waals surface area contributed by atoms with Gasteiger partial charge >= 0.3 is 0 Å². The van der Waals surface area contributed by atoms with Crippen molar-refractivity contribution < 1.29 is 4.42 Å². The molecule has 0 aromatic carbocycles. The number of nitrogens with zero attached hydrogens (tertiary/aromatic N) is 4. The maximum Gasteiger partial charge on any atom is 0.214 e. The number of aryl methyl sites for hydroxylation is 1. The maximum absolute atomic E-state index is 5.64. The van der Waals surface area contributed by atoms with Crippen molar-refractivity contribution in [2.75, 3.05) is 25.0 Å². The van der Waals surface area contributed by atoms with Crippen molar-refractivity contribution in [1.82, 2.24) is 19.5 Å². The van der Waals surface area contributed by atoms with E-state index in [1.165, 1.54) is 12.8 Å². The molecule has 7 heteroatoms. The Bertz CT molecular complexity index is 710. The third-order valence-corrected chi connectivity index (χ3v) is 4.94. The summed E-state index contributed by atoms with van der Waals surface area (Å²) in [4.78, 5) is 7.85. The first-order chi connectivity index (χ1) is 10.8. The second-order valence-electron chi connectivity index (χ2n) is 5.67. The summed E-state index contributed by atoms with van der Waals surface area (Å²) in [6.45, 7) is 5.04. The van der Waals surface area contributed by atoms with E-state index in [2.05, 4.69) is 26.4 Å². The van der Waals surface area contributed by atoms with Gasteiger partial charge in [0.25, 0.3) is 0 Å². The van der Waals surface area contributed by atoms with E-state index < -0.39 is 0 Å². The van der Waals surface area contributed by atoms with Crippen LogP contribution in [0.15, 0.2) is 29.0 Å². The number of imidazole rings is 1. The van der Waals surface area contributed by atoms with E-state index in [-0.39, 0.29) is 6.04 Å². The van der Waals surface area contributed by atoms with Gasteiger partial charge < -0.3 is 9.73 Å². The van der Waals surface area contributed by atoms with E-state index in [9.17, 15) is 0 Å². The van der Waals surface area contributed by atoms with Crippen molar-refractivity contribution in [3.63, 3.8) is 0 Å². The third-order valence-electron chi connectivity index (χ3n) is 4.06. The molecule has 0 unspecified atom stereocenters. The quantitative estimate of drug-likeness (QED) is 0.784. The second kappa shape index (κ2) is 5.73. The number of nitrogens with one attached hydrogen (secondary N) is 1. The zero-order chi connectivity index (χ0) is 14.9. The summed E-state index contributed by atoms with van der Waals surface area (Å²) in [5.41, 5.74) is 0.996. The fraction of sp³-hybridized carbons (Fsp3) is 0.467. The Morgan fingerprint density at radius 2 is 2.27 bits per heavy atom. The number of aromatic nitrogens is 3. The van der Waals surface area contributed by atoms with Crippen LogP contribution in [0.4, 0.5) is 5.13 Å². The number of hydrogen-bond acceptors (Lipinski definition) is 6. The molecule has 0 aliphatic carbocycles. The second-order valence-corrected chi connectivity index (χ2v) is 6.63. The molecule has 1 atom stereocenters. The molecule has 0 bridgehead atoms. The number of furan rings is 1. The van der Waals surface area contributed by atoms with Crippen molar-refractivity contribution in [2.45, 2.75) is 25.8 Å². The molecule has 1 N–H and O–H groups in total. The van der Waals surface area contributed by atoms with Crippen LogP contribution in [0.5, 0.6) is 0 Å². The van der Waals surface area contributed by atoms with Crippen LogP contribution in [-0.2, 0) is 0 Å². The zero-order valence-electron chi connectivity index (χ0n) is 12.5. The highest BCUT2D eigenvalue weighted by Gasteiger charge is 2.25. The average molecular weight is 317 g/mol. The summed E-state index contributed by atoms with van der Waals surface area (Å²) in [7, 11) is 0. The Labute approximate surface area is 132 Å². The van der Waals surface area contributed by atoms with Crippen molar-refractivity contribution in [2.24, 2.45) is 0 Å². The molecule has 1 saturated heterocycles. The van der Waals surface area contributed by atoms with Gasteiger partial charge in [0, 0.05) is 6.54 Å². The third kappa shape index (κ3) is 2.62. The van der Waals surface area contributed by atoms with E-state index in [1.807, 2.05) is 23.7 Å². The molecule has 1 aliphatic heterocycles. The molecule has 4 rings (SSSR count). The summed E-state index contributed by atoms with van der Waals surface area (Å²) in [5, 5.41) is 8.88. The molecule has 0 spiro atoms. The van der Waals surface area contributed by atoms with E-state index in [1.54, 1.807) is 17.6 Å². The van der Waals surface area contributed by atoms with Gasteiger partial charge in [-0.3, -0.25) is 4.90 Å². The molecule has 4 heterocycles. The Hall–Kier alpha value is -1.86. The van der Waals surface area contributed by atoms with Crippen LogP contribution in [0.1, 0.15) is 30.3 Å². The predicted octanol–water partition coefficient (Wildman–Crippen LogP) is 2.94. The van der Waals surface area contributed by atoms with Crippen LogP contribution < -0.4 is 5.32 Å². The Kier molecular flexibility index (Phi) is 3.59. The van der Waals surface area contributed by atoms with Gasteiger partial charge in [0.1, 0.15) is 5.76 Å². The van der Waals surface area contributed by atoms with E-state index >= 15 is 0 Å². The number of likely N-dealkylation sites (tertiary alicyclic amines) is 1. The van der Waals surface area contributed by atoms with E-state index in [0.29, 0.717) is 0 Å². The largest absolute Gasteiger partial charge is 0.468 e. The Morgan fingerprint density at radius 1 is 1.41 bits per heavy atom. The first-order valence-electron chi connectivity index (χ1n) is 7.64. The Morgan fingerprint density at radius 3 is 3.00 bits per heavy atom. The van der Waals surface area contributed by atoms with Crippen LogP contribution >= 0.6 is 11.3 Å². The minimum absolute atomic E-state index is 0.260. The number of hydrogen-bond donors (Lipinski definition) is 1. The van der Waals surface area contributed by atoms with Gasteiger partial charge in [0.15, 0.2) is 0 Å². The van der Waals surface area contributed by atoms with Crippen LogP contribution in [0, 0.1) is 6.92 Å². The monoisotopic (exact) mass is 317 g/mol. The molecule has 1 aliphatic rings. The highest BCUT2D eigenvalue weighted by atomic mass is 32.1. The topological polar surface area (TPSA) is 58.6 Å². The van der Waals surface area contributed by atoms with Crippen LogP contribution in [0.25, 0.3) is 4.96 Å². The summed E-state index contributed by atoms with van der Waals surface area (Å²) in [5.74, 6) is 1.02. The van der Waals surface area contributed by atoms with Gasteiger partial charge in [-0.2, -0.15) is 0 Å². The molecule has 3 aromatic rings. The lowest BCUT2D eigenvalue weighted by Crippen LogP contribution is -2.30. The molecule has 0 saturated carbocycles. The molecule has 0 radical (unpaired) electrons. The lowest BCUT2D eigenvalue weighted by Gasteiger charge is -2.25. The van der Waals surface area contributed by atoms with Crippen LogP contribution in [-0.4, -0.2) is 39.1 Å². The van der Waals surface area contributed by atoms with Crippen molar-refractivity contribution in [3.8, 4) is 0 Å². The van der Waals surface area contributed by atoms with Crippen molar-refractivity contribution in [1.29, 1.82) is 0 Å². The normalized spacial score (nSPS) is 17.3. The summed E-state index contributed by atoms with van der Waals surface area (Å²) in [6.07, 6.45) is 6.23.